The molecule has 1 saturated heterocycles. The first kappa shape index (κ1) is 21.8. The summed E-state index contributed by atoms with van der Waals surface area (Å²) in [6.45, 7) is 7.96. The lowest BCUT2D eigenvalue weighted by Crippen LogP contribution is -2.36. The number of benzene rings is 2. The lowest BCUT2D eigenvalue weighted by molar-refractivity contribution is -0.115. The molecule has 1 aromatic heterocycles. The molecule has 3 heterocycles. The normalized spacial score (nSPS) is 18.8. The number of imidazole rings is 1. The number of H-pyrrole nitrogens is 1. The van der Waals surface area contributed by atoms with E-state index in [1.165, 1.54) is 0 Å². The first-order valence-corrected chi connectivity index (χ1v) is 11.7. The molecule has 33 heavy (non-hydrogen) atoms. The second-order valence-electron chi connectivity index (χ2n) is 8.63. The number of aromatic nitrogens is 2. The summed E-state index contributed by atoms with van der Waals surface area (Å²) in [7, 11) is 0. The lowest BCUT2D eigenvalue weighted by atomic mass is 10.1. The summed E-state index contributed by atoms with van der Waals surface area (Å²) in [6.07, 6.45) is 0.806. The fourth-order valence-electron chi connectivity index (χ4n) is 4.58. The number of nitrogens with zero attached hydrogens (tertiary/aromatic N) is 2. The Bertz CT molecular complexity index is 1230. The van der Waals surface area contributed by atoms with Crippen molar-refractivity contribution in [2.75, 3.05) is 37.7 Å². The van der Waals surface area contributed by atoms with Crippen LogP contribution in [-0.2, 0) is 16.0 Å². The van der Waals surface area contributed by atoms with Gasteiger partial charge in [0.15, 0.2) is 0 Å². The molecule has 7 nitrogen and oxygen atoms in total. The van der Waals surface area contributed by atoms with Crippen LogP contribution in [0.25, 0.3) is 16.6 Å². The molecule has 2 aliphatic heterocycles. The molecule has 3 N–H and O–H groups in total. The third-order valence-corrected chi connectivity index (χ3v) is 6.51. The Morgan fingerprint density at radius 1 is 1.24 bits per heavy atom. The zero-order valence-corrected chi connectivity index (χ0v) is 19.6. The zero-order valence-electron chi connectivity index (χ0n) is 18.9. The molecule has 2 aromatic carbocycles. The van der Waals surface area contributed by atoms with Gasteiger partial charge in [0, 0.05) is 36.0 Å². The standard InChI is InChI=1S/C25H28ClN5O2/c1-15-12-19(31-8-10-33-11-9-31)14-20-22(15)30-24(29-20)21-23(16(2)28-25(21)32)27-7-6-17-4-3-5-18(26)13-17/h3-5,12-14,16,27H,6-11H2,1-2H3,(H,28,32)(H,29,30). The van der Waals surface area contributed by atoms with Crippen LogP contribution in [0.4, 0.5) is 5.69 Å². The van der Waals surface area contributed by atoms with Gasteiger partial charge < -0.3 is 25.3 Å². The Balaban J connectivity index is 1.43. The van der Waals surface area contributed by atoms with Gasteiger partial charge in [-0.15, -0.1) is 0 Å². The van der Waals surface area contributed by atoms with Gasteiger partial charge in [0.25, 0.3) is 5.91 Å². The van der Waals surface area contributed by atoms with E-state index in [-0.39, 0.29) is 11.9 Å². The number of hydrogen-bond donors (Lipinski definition) is 3. The molecule has 1 unspecified atom stereocenters. The number of halogens is 1. The first-order valence-electron chi connectivity index (χ1n) is 11.4. The summed E-state index contributed by atoms with van der Waals surface area (Å²) in [5.74, 6) is 0.484. The largest absolute Gasteiger partial charge is 0.386 e. The quantitative estimate of drug-likeness (QED) is 0.519. The number of fused-ring (bicyclic) bond motifs is 1. The second kappa shape index (κ2) is 9.08. The molecule has 1 atom stereocenters. The summed E-state index contributed by atoms with van der Waals surface area (Å²) >= 11 is 6.10. The predicted octanol–water partition coefficient (Wildman–Crippen LogP) is 3.42. The minimum Gasteiger partial charge on any atom is -0.386 e. The van der Waals surface area contributed by atoms with Crippen LogP contribution in [0.3, 0.4) is 0 Å². The maximum Gasteiger partial charge on any atom is 0.257 e. The smallest absolute Gasteiger partial charge is 0.257 e. The average molecular weight is 466 g/mol. The van der Waals surface area contributed by atoms with Crippen LogP contribution in [0.1, 0.15) is 23.9 Å². The highest BCUT2D eigenvalue weighted by molar-refractivity contribution is 6.30. The van der Waals surface area contributed by atoms with Gasteiger partial charge in [-0.1, -0.05) is 23.7 Å². The number of aryl methyl sites for hydroxylation is 1. The molecule has 0 bridgehead atoms. The number of rotatable bonds is 6. The van der Waals surface area contributed by atoms with Crippen molar-refractivity contribution in [3.63, 3.8) is 0 Å². The number of carbonyl (C=O) groups is 1. The summed E-state index contributed by atoms with van der Waals surface area (Å²) in [6, 6.07) is 12.0. The fraction of sp³-hybridized carbons (Fsp3) is 0.360. The Morgan fingerprint density at radius 2 is 2.06 bits per heavy atom. The third kappa shape index (κ3) is 4.43. The molecule has 1 amide bonds. The zero-order chi connectivity index (χ0) is 22.9. The third-order valence-electron chi connectivity index (χ3n) is 6.27. The SMILES string of the molecule is Cc1cc(N2CCOCC2)cc2[nH]c(C3=C(NCCc4cccc(Cl)c4)C(C)NC3=O)nc12. The molecule has 8 heteroatoms. The van der Waals surface area contributed by atoms with E-state index < -0.39 is 0 Å². The molecule has 0 aliphatic carbocycles. The molecule has 2 aliphatic rings. The minimum absolute atomic E-state index is 0.106. The summed E-state index contributed by atoms with van der Waals surface area (Å²) in [5.41, 5.74) is 6.65. The van der Waals surface area contributed by atoms with Crippen LogP contribution in [0.2, 0.25) is 5.02 Å². The number of ether oxygens (including phenoxy) is 1. The van der Waals surface area contributed by atoms with Gasteiger partial charge >= 0.3 is 0 Å². The molecular weight excluding hydrogens is 438 g/mol. The summed E-state index contributed by atoms with van der Waals surface area (Å²) in [4.78, 5) is 23.4. The Morgan fingerprint density at radius 3 is 2.85 bits per heavy atom. The van der Waals surface area contributed by atoms with Crippen LogP contribution in [0.5, 0.6) is 0 Å². The first-order chi connectivity index (χ1) is 16.0. The van der Waals surface area contributed by atoms with E-state index in [4.69, 9.17) is 21.3 Å². The number of carbonyl (C=O) groups excluding carboxylic acids is 1. The fourth-order valence-corrected chi connectivity index (χ4v) is 4.80. The molecule has 0 saturated carbocycles. The minimum atomic E-state index is -0.113. The van der Waals surface area contributed by atoms with Crippen molar-refractivity contribution in [1.82, 2.24) is 20.6 Å². The molecule has 1 fully saturated rings. The summed E-state index contributed by atoms with van der Waals surface area (Å²) in [5, 5.41) is 7.22. The van der Waals surface area contributed by atoms with Crippen molar-refractivity contribution < 1.29 is 9.53 Å². The molecule has 0 radical (unpaired) electrons. The highest BCUT2D eigenvalue weighted by Crippen LogP contribution is 2.29. The Kier molecular flexibility index (Phi) is 6.00. The van der Waals surface area contributed by atoms with Crippen molar-refractivity contribution in [3.8, 4) is 0 Å². The lowest BCUT2D eigenvalue weighted by Gasteiger charge is -2.29. The highest BCUT2D eigenvalue weighted by Gasteiger charge is 2.32. The van der Waals surface area contributed by atoms with Crippen molar-refractivity contribution >= 4 is 39.8 Å². The topological polar surface area (TPSA) is 82.3 Å². The molecule has 172 valence electrons. The van der Waals surface area contributed by atoms with Gasteiger partial charge in [0.1, 0.15) is 11.4 Å². The number of nitrogens with one attached hydrogen (secondary N) is 3. The number of amides is 1. The Hall–Kier alpha value is -3.03. The van der Waals surface area contributed by atoms with E-state index in [9.17, 15) is 4.79 Å². The van der Waals surface area contributed by atoms with Gasteiger partial charge in [-0.2, -0.15) is 0 Å². The van der Waals surface area contributed by atoms with Crippen molar-refractivity contribution in [2.45, 2.75) is 26.3 Å². The van der Waals surface area contributed by atoms with Crippen LogP contribution in [-0.4, -0.2) is 54.8 Å². The van der Waals surface area contributed by atoms with Gasteiger partial charge in [-0.3, -0.25) is 4.79 Å². The van der Waals surface area contributed by atoms with Crippen LogP contribution in [0, 0.1) is 6.92 Å². The highest BCUT2D eigenvalue weighted by atomic mass is 35.5. The molecule has 0 spiro atoms. The van der Waals surface area contributed by atoms with Gasteiger partial charge in [-0.05, 0) is 55.7 Å². The maximum absolute atomic E-state index is 12.8. The monoisotopic (exact) mass is 465 g/mol. The van der Waals surface area contributed by atoms with Gasteiger partial charge in [0.2, 0.25) is 0 Å². The average Bonchev–Trinajstić information content (AvgIpc) is 3.34. The Labute approximate surface area is 198 Å². The van der Waals surface area contributed by atoms with Crippen molar-refractivity contribution in [3.05, 3.63) is 64.1 Å². The van der Waals surface area contributed by atoms with Crippen LogP contribution < -0.4 is 15.5 Å². The van der Waals surface area contributed by atoms with E-state index >= 15 is 0 Å². The van der Waals surface area contributed by atoms with E-state index in [2.05, 4.69) is 45.6 Å². The van der Waals surface area contributed by atoms with E-state index in [1.807, 2.05) is 25.1 Å². The van der Waals surface area contributed by atoms with Gasteiger partial charge in [-0.25, -0.2) is 4.98 Å². The van der Waals surface area contributed by atoms with Crippen LogP contribution in [0.15, 0.2) is 42.1 Å². The van der Waals surface area contributed by atoms with E-state index in [0.29, 0.717) is 17.9 Å². The summed E-state index contributed by atoms with van der Waals surface area (Å²) < 4.78 is 5.48. The molecular formula is C25H28ClN5O2. The predicted molar refractivity (Wildman–Crippen MR) is 132 cm³/mol. The maximum atomic E-state index is 12.8. The number of anilines is 1. The van der Waals surface area contributed by atoms with Gasteiger partial charge in [0.05, 0.1) is 30.3 Å². The number of morpholine rings is 1. The van der Waals surface area contributed by atoms with E-state index in [0.717, 1.165) is 71.3 Å². The van der Waals surface area contributed by atoms with Crippen molar-refractivity contribution in [2.24, 2.45) is 0 Å². The van der Waals surface area contributed by atoms with Crippen molar-refractivity contribution in [1.29, 1.82) is 0 Å². The second-order valence-corrected chi connectivity index (χ2v) is 9.07. The van der Waals surface area contributed by atoms with E-state index in [1.54, 1.807) is 0 Å². The molecule has 5 rings (SSSR count). The van der Waals surface area contributed by atoms with Crippen LogP contribution >= 0.6 is 11.6 Å². The number of hydrogen-bond acceptors (Lipinski definition) is 5. The molecule has 3 aromatic rings. The number of aromatic amines is 1.